The topological polar surface area (TPSA) is 69.6 Å². The van der Waals surface area contributed by atoms with Crippen LogP contribution in [0.3, 0.4) is 0 Å². The number of nitrogens with one attached hydrogen (secondary N) is 1. The molecule has 18 heavy (non-hydrogen) atoms. The average Bonchev–Trinajstić information content (AvgIpc) is 2.58. The molecule has 1 heterocycles. The van der Waals surface area contributed by atoms with Gasteiger partial charge in [-0.15, -0.1) is 11.8 Å². The number of benzene rings is 1. The Labute approximate surface area is 114 Å². The maximum atomic E-state index is 11.2. The van der Waals surface area contributed by atoms with Crippen LogP contribution in [0.25, 0.3) is 0 Å². The number of carboxylic acids is 1. The third-order valence-corrected chi connectivity index (χ3v) is 4.75. The monoisotopic (exact) mass is 287 g/mol. The molecule has 2 unspecified atom stereocenters. The fourth-order valence-corrected chi connectivity index (χ4v) is 3.57. The van der Waals surface area contributed by atoms with Crippen molar-refractivity contribution in [1.29, 1.82) is 0 Å². The van der Waals surface area contributed by atoms with Crippen LogP contribution in [0, 0.1) is 0 Å². The molecule has 6 heteroatoms. The van der Waals surface area contributed by atoms with Crippen LogP contribution in [0.4, 0.5) is 0 Å². The molecule has 1 aliphatic rings. The van der Waals surface area contributed by atoms with E-state index in [0.29, 0.717) is 0 Å². The molecular formula is C12H14ClNO3S. The predicted octanol–water partition coefficient (Wildman–Crippen LogP) is 2.61. The summed E-state index contributed by atoms with van der Waals surface area (Å²) in [5.74, 6) is -0.836. The molecule has 1 aromatic rings. The minimum absolute atomic E-state index is 0.0254. The van der Waals surface area contributed by atoms with Crippen molar-refractivity contribution in [2.75, 3.05) is 0 Å². The Morgan fingerprint density at radius 2 is 2.17 bits per heavy atom. The second-order valence-corrected chi connectivity index (χ2v) is 6.92. The third kappa shape index (κ3) is 2.43. The van der Waals surface area contributed by atoms with Crippen LogP contribution in [0.2, 0.25) is 5.02 Å². The van der Waals surface area contributed by atoms with E-state index in [1.807, 2.05) is 13.8 Å². The van der Waals surface area contributed by atoms with Gasteiger partial charge in [-0.25, -0.2) is 0 Å². The highest BCUT2D eigenvalue weighted by atomic mass is 35.5. The summed E-state index contributed by atoms with van der Waals surface area (Å²) in [6, 6.07) is 4.30. The van der Waals surface area contributed by atoms with E-state index in [0.717, 1.165) is 5.56 Å². The number of hydrogen-bond acceptors (Lipinski definition) is 4. The highest BCUT2D eigenvalue weighted by Gasteiger charge is 2.45. The van der Waals surface area contributed by atoms with Gasteiger partial charge in [-0.05, 0) is 31.5 Å². The summed E-state index contributed by atoms with van der Waals surface area (Å²) < 4.78 is -0.402. The number of hydrogen-bond donors (Lipinski definition) is 3. The largest absolute Gasteiger partial charge is 0.506 e. The first kappa shape index (κ1) is 13.5. The van der Waals surface area contributed by atoms with E-state index >= 15 is 0 Å². The summed E-state index contributed by atoms with van der Waals surface area (Å²) in [7, 11) is 0. The van der Waals surface area contributed by atoms with Gasteiger partial charge < -0.3 is 10.2 Å². The number of carbonyl (C=O) groups is 1. The standard InChI is InChI=1S/C12H14ClNO3S/c1-12(2)9(11(16)17)14-10(18-12)6-3-4-8(15)7(13)5-6/h3-5,9-10,14-15H,1-2H3,(H,16,17). The Balaban J connectivity index is 2.26. The first-order valence-corrected chi connectivity index (χ1v) is 6.72. The van der Waals surface area contributed by atoms with E-state index in [4.69, 9.17) is 11.6 Å². The molecule has 1 saturated heterocycles. The lowest BCUT2D eigenvalue weighted by atomic mass is 10.0. The van der Waals surface area contributed by atoms with Crippen LogP contribution >= 0.6 is 23.4 Å². The van der Waals surface area contributed by atoms with Crippen molar-refractivity contribution in [1.82, 2.24) is 5.32 Å². The highest BCUT2D eigenvalue weighted by molar-refractivity contribution is 8.01. The summed E-state index contributed by atoms with van der Waals surface area (Å²) >= 11 is 7.40. The van der Waals surface area contributed by atoms with Gasteiger partial charge in [0.05, 0.1) is 10.4 Å². The molecule has 1 aromatic carbocycles. The van der Waals surface area contributed by atoms with Gasteiger partial charge in [0.1, 0.15) is 11.8 Å². The van der Waals surface area contributed by atoms with Gasteiger partial charge in [0, 0.05) is 4.75 Å². The molecule has 4 nitrogen and oxygen atoms in total. The van der Waals surface area contributed by atoms with Crippen LogP contribution in [-0.2, 0) is 4.79 Å². The van der Waals surface area contributed by atoms with E-state index in [1.54, 1.807) is 12.1 Å². The Kier molecular flexibility index (Phi) is 3.49. The highest BCUT2D eigenvalue weighted by Crippen LogP contribution is 2.46. The maximum absolute atomic E-state index is 11.2. The molecule has 0 bridgehead atoms. The van der Waals surface area contributed by atoms with Crippen LogP contribution in [-0.4, -0.2) is 27.0 Å². The van der Waals surface area contributed by atoms with E-state index < -0.39 is 16.8 Å². The van der Waals surface area contributed by atoms with Crippen molar-refractivity contribution in [3.8, 4) is 5.75 Å². The van der Waals surface area contributed by atoms with E-state index in [-0.39, 0.29) is 16.1 Å². The van der Waals surface area contributed by atoms with Gasteiger partial charge in [-0.3, -0.25) is 10.1 Å². The van der Waals surface area contributed by atoms with Gasteiger partial charge in [0.2, 0.25) is 0 Å². The number of aromatic hydroxyl groups is 1. The lowest BCUT2D eigenvalue weighted by Gasteiger charge is -2.20. The van der Waals surface area contributed by atoms with Crippen molar-refractivity contribution in [3.05, 3.63) is 28.8 Å². The minimum Gasteiger partial charge on any atom is -0.506 e. The smallest absolute Gasteiger partial charge is 0.322 e. The second kappa shape index (κ2) is 4.64. The number of thioether (sulfide) groups is 1. The molecule has 2 rings (SSSR count). The fraction of sp³-hybridized carbons (Fsp3) is 0.417. The number of aliphatic carboxylic acids is 1. The van der Waals surface area contributed by atoms with E-state index in [2.05, 4.69) is 5.32 Å². The van der Waals surface area contributed by atoms with Crippen LogP contribution in [0.1, 0.15) is 24.8 Å². The number of phenolic OH excluding ortho intramolecular Hbond substituents is 1. The maximum Gasteiger partial charge on any atom is 0.322 e. The van der Waals surface area contributed by atoms with Crippen molar-refractivity contribution < 1.29 is 15.0 Å². The van der Waals surface area contributed by atoms with Gasteiger partial charge in [0.15, 0.2) is 0 Å². The Bertz CT molecular complexity index is 492. The summed E-state index contributed by atoms with van der Waals surface area (Å²) in [5.41, 5.74) is 0.861. The van der Waals surface area contributed by atoms with Crippen LogP contribution in [0.5, 0.6) is 5.75 Å². The molecule has 0 amide bonds. The average molecular weight is 288 g/mol. The molecule has 0 saturated carbocycles. The molecule has 0 aromatic heterocycles. The lowest BCUT2D eigenvalue weighted by Crippen LogP contribution is -2.43. The summed E-state index contributed by atoms with van der Waals surface area (Å²) in [5, 5.41) is 21.7. The van der Waals surface area contributed by atoms with E-state index in [1.165, 1.54) is 17.8 Å². The molecule has 0 spiro atoms. The number of carboxylic acid groups (broad SMARTS) is 1. The summed E-state index contributed by atoms with van der Waals surface area (Å²) in [6.45, 7) is 3.79. The molecule has 98 valence electrons. The normalized spacial score (nSPS) is 26.2. The lowest BCUT2D eigenvalue weighted by molar-refractivity contribution is -0.139. The first-order valence-electron chi connectivity index (χ1n) is 5.46. The zero-order valence-electron chi connectivity index (χ0n) is 9.98. The van der Waals surface area contributed by atoms with E-state index in [9.17, 15) is 15.0 Å². The van der Waals surface area contributed by atoms with Crippen molar-refractivity contribution >= 4 is 29.3 Å². The van der Waals surface area contributed by atoms with Gasteiger partial charge >= 0.3 is 5.97 Å². The van der Waals surface area contributed by atoms with Crippen molar-refractivity contribution in [3.63, 3.8) is 0 Å². The number of halogens is 1. The quantitative estimate of drug-likeness (QED) is 0.780. The molecular weight excluding hydrogens is 274 g/mol. The van der Waals surface area contributed by atoms with Crippen LogP contribution in [0.15, 0.2) is 18.2 Å². The second-order valence-electron chi connectivity index (χ2n) is 4.75. The molecule has 0 radical (unpaired) electrons. The Morgan fingerprint density at radius 1 is 1.50 bits per heavy atom. The van der Waals surface area contributed by atoms with Gasteiger partial charge in [-0.1, -0.05) is 17.7 Å². The first-order chi connectivity index (χ1) is 8.31. The van der Waals surface area contributed by atoms with Crippen molar-refractivity contribution in [2.45, 2.75) is 30.0 Å². The molecule has 3 N–H and O–H groups in total. The number of rotatable bonds is 2. The Hall–Kier alpha value is -0.910. The summed E-state index contributed by atoms with van der Waals surface area (Å²) in [4.78, 5) is 11.2. The number of phenols is 1. The molecule has 0 aliphatic carbocycles. The molecule has 1 aliphatic heterocycles. The Morgan fingerprint density at radius 3 is 2.67 bits per heavy atom. The zero-order chi connectivity index (χ0) is 13.5. The fourth-order valence-electron chi connectivity index (χ4n) is 1.98. The van der Waals surface area contributed by atoms with Crippen molar-refractivity contribution in [2.24, 2.45) is 0 Å². The van der Waals surface area contributed by atoms with Gasteiger partial charge in [-0.2, -0.15) is 0 Å². The molecule has 1 fully saturated rings. The predicted molar refractivity (Wildman–Crippen MR) is 72.1 cm³/mol. The summed E-state index contributed by atoms with van der Waals surface area (Å²) in [6.07, 6.45) is 0. The third-order valence-electron chi connectivity index (χ3n) is 2.96. The zero-order valence-corrected chi connectivity index (χ0v) is 11.5. The minimum atomic E-state index is -0.861. The molecule has 2 atom stereocenters. The van der Waals surface area contributed by atoms with Gasteiger partial charge in [0.25, 0.3) is 0 Å². The van der Waals surface area contributed by atoms with Crippen LogP contribution < -0.4 is 5.32 Å². The SMILES string of the molecule is CC1(C)SC(c2ccc(O)c(Cl)c2)NC1C(=O)O.